The van der Waals surface area contributed by atoms with Gasteiger partial charge in [0, 0.05) is 24.0 Å². The standard InChI is InChI=1S/C16H20FN3S/c1-11-7-8-18-15(20-11)21-14-6-5-12(9-13(14)17)10-19-16(2,3)4/h5-9,19H,10H2,1-4H3. The van der Waals surface area contributed by atoms with Gasteiger partial charge in [0.25, 0.3) is 0 Å². The van der Waals surface area contributed by atoms with Crippen LogP contribution in [0.15, 0.2) is 40.5 Å². The van der Waals surface area contributed by atoms with E-state index in [-0.39, 0.29) is 11.4 Å². The lowest BCUT2D eigenvalue weighted by molar-refractivity contribution is 0.423. The Labute approximate surface area is 129 Å². The van der Waals surface area contributed by atoms with E-state index in [1.165, 1.54) is 11.8 Å². The fourth-order valence-electron chi connectivity index (χ4n) is 1.68. The molecule has 2 rings (SSSR count). The molecule has 1 heterocycles. The first kappa shape index (κ1) is 15.9. The van der Waals surface area contributed by atoms with Gasteiger partial charge in [0.15, 0.2) is 5.16 Å². The third kappa shape index (κ3) is 5.10. The number of nitrogens with one attached hydrogen (secondary N) is 1. The summed E-state index contributed by atoms with van der Waals surface area (Å²) in [5, 5.41) is 3.91. The van der Waals surface area contributed by atoms with E-state index in [4.69, 9.17) is 0 Å². The van der Waals surface area contributed by atoms with Crippen LogP contribution in [-0.4, -0.2) is 15.5 Å². The Balaban J connectivity index is 2.09. The summed E-state index contributed by atoms with van der Waals surface area (Å²) >= 11 is 1.24. The van der Waals surface area contributed by atoms with Gasteiger partial charge in [0.1, 0.15) is 5.82 Å². The van der Waals surface area contributed by atoms with E-state index in [0.717, 1.165) is 11.3 Å². The van der Waals surface area contributed by atoms with E-state index in [0.29, 0.717) is 16.6 Å². The summed E-state index contributed by atoms with van der Waals surface area (Å²) in [6, 6.07) is 7.10. The second-order valence-electron chi connectivity index (χ2n) is 5.95. The van der Waals surface area contributed by atoms with Crippen molar-refractivity contribution < 1.29 is 4.39 Å². The van der Waals surface area contributed by atoms with Crippen molar-refractivity contribution in [3.8, 4) is 0 Å². The minimum absolute atomic E-state index is 0.0132. The first-order valence-electron chi connectivity index (χ1n) is 6.84. The van der Waals surface area contributed by atoms with E-state index in [1.54, 1.807) is 18.3 Å². The number of aromatic nitrogens is 2. The van der Waals surface area contributed by atoms with Crippen molar-refractivity contribution in [1.82, 2.24) is 15.3 Å². The Kier molecular flexibility index (Phi) is 4.96. The number of benzene rings is 1. The van der Waals surface area contributed by atoms with Crippen LogP contribution in [0.4, 0.5) is 4.39 Å². The van der Waals surface area contributed by atoms with Crippen molar-refractivity contribution in [2.45, 2.75) is 49.8 Å². The van der Waals surface area contributed by atoms with E-state index in [9.17, 15) is 4.39 Å². The number of hydrogen-bond donors (Lipinski definition) is 1. The zero-order valence-corrected chi connectivity index (χ0v) is 13.6. The van der Waals surface area contributed by atoms with Crippen molar-refractivity contribution in [2.75, 3.05) is 0 Å². The van der Waals surface area contributed by atoms with E-state index < -0.39 is 0 Å². The molecule has 0 aliphatic rings. The molecule has 0 atom stereocenters. The van der Waals surface area contributed by atoms with Gasteiger partial charge >= 0.3 is 0 Å². The highest BCUT2D eigenvalue weighted by Gasteiger charge is 2.11. The fourth-order valence-corrected chi connectivity index (χ4v) is 2.47. The number of aryl methyl sites for hydroxylation is 1. The maximum atomic E-state index is 14.2. The summed E-state index contributed by atoms with van der Waals surface area (Å²) in [7, 11) is 0. The highest BCUT2D eigenvalue weighted by molar-refractivity contribution is 7.99. The Morgan fingerprint density at radius 1 is 1.24 bits per heavy atom. The molecule has 1 aromatic heterocycles. The average molecular weight is 305 g/mol. The zero-order valence-electron chi connectivity index (χ0n) is 12.8. The van der Waals surface area contributed by atoms with Crippen LogP contribution >= 0.6 is 11.8 Å². The van der Waals surface area contributed by atoms with Gasteiger partial charge in [-0.1, -0.05) is 6.07 Å². The zero-order chi connectivity index (χ0) is 15.5. The molecular formula is C16H20FN3S. The lowest BCUT2D eigenvalue weighted by Crippen LogP contribution is -2.35. The summed E-state index contributed by atoms with van der Waals surface area (Å²) in [6.45, 7) is 8.80. The minimum Gasteiger partial charge on any atom is -0.308 e. The molecule has 112 valence electrons. The molecule has 0 spiro atoms. The summed E-state index contributed by atoms with van der Waals surface area (Å²) in [4.78, 5) is 8.96. The van der Waals surface area contributed by atoms with Gasteiger partial charge in [0.2, 0.25) is 0 Å². The number of hydrogen-bond acceptors (Lipinski definition) is 4. The van der Waals surface area contributed by atoms with Crippen LogP contribution in [0, 0.1) is 12.7 Å². The summed E-state index contributed by atoms with van der Waals surface area (Å²) in [6.07, 6.45) is 1.68. The van der Waals surface area contributed by atoms with E-state index in [1.807, 2.05) is 19.1 Å². The normalized spacial score (nSPS) is 11.7. The van der Waals surface area contributed by atoms with Gasteiger partial charge in [-0.15, -0.1) is 0 Å². The van der Waals surface area contributed by atoms with Crippen LogP contribution in [0.1, 0.15) is 32.0 Å². The molecule has 0 saturated carbocycles. The third-order valence-corrected chi connectivity index (χ3v) is 3.72. The van der Waals surface area contributed by atoms with E-state index in [2.05, 4.69) is 36.1 Å². The first-order valence-corrected chi connectivity index (χ1v) is 7.66. The largest absolute Gasteiger partial charge is 0.308 e. The van der Waals surface area contributed by atoms with Crippen LogP contribution in [0.3, 0.4) is 0 Å². The molecule has 0 aliphatic carbocycles. The molecule has 0 saturated heterocycles. The average Bonchev–Trinajstić information content (AvgIpc) is 2.38. The van der Waals surface area contributed by atoms with Crippen molar-refractivity contribution in [3.63, 3.8) is 0 Å². The topological polar surface area (TPSA) is 37.8 Å². The highest BCUT2D eigenvalue weighted by Crippen LogP contribution is 2.27. The van der Waals surface area contributed by atoms with Crippen LogP contribution in [0.2, 0.25) is 0 Å². The molecule has 1 N–H and O–H groups in total. The monoisotopic (exact) mass is 305 g/mol. The molecule has 0 aliphatic heterocycles. The Hall–Kier alpha value is -1.46. The minimum atomic E-state index is -0.238. The summed E-state index contributed by atoms with van der Waals surface area (Å²) in [5.74, 6) is -0.238. The van der Waals surface area contributed by atoms with Crippen LogP contribution < -0.4 is 5.32 Å². The molecule has 0 bridgehead atoms. The van der Waals surface area contributed by atoms with Gasteiger partial charge in [-0.05, 0) is 63.2 Å². The first-order chi connectivity index (χ1) is 9.83. The molecule has 2 aromatic rings. The van der Waals surface area contributed by atoms with Gasteiger partial charge in [-0.2, -0.15) is 0 Å². The number of halogens is 1. The molecule has 0 fully saturated rings. The maximum Gasteiger partial charge on any atom is 0.192 e. The van der Waals surface area contributed by atoms with Crippen molar-refractivity contribution in [3.05, 3.63) is 47.5 Å². The molecule has 0 unspecified atom stereocenters. The Morgan fingerprint density at radius 2 is 2.00 bits per heavy atom. The van der Waals surface area contributed by atoms with Crippen LogP contribution in [0.5, 0.6) is 0 Å². The van der Waals surface area contributed by atoms with Crippen molar-refractivity contribution in [1.29, 1.82) is 0 Å². The Morgan fingerprint density at radius 3 is 2.62 bits per heavy atom. The predicted molar refractivity (Wildman–Crippen MR) is 83.9 cm³/mol. The smallest absolute Gasteiger partial charge is 0.192 e. The highest BCUT2D eigenvalue weighted by atomic mass is 32.2. The van der Waals surface area contributed by atoms with Crippen LogP contribution in [0.25, 0.3) is 0 Å². The predicted octanol–water partition coefficient (Wildman–Crippen LogP) is 3.96. The molecule has 0 radical (unpaired) electrons. The lowest BCUT2D eigenvalue weighted by Gasteiger charge is -2.20. The second-order valence-corrected chi connectivity index (χ2v) is 6.96. The lowest BCUT2D eigenvalue weighted by atomic mass is 10.1. The summed E-state index contributed by atoms with van der Waals surface area (Å²) in [5.41, 5.74) is 1.81. The second kappa shape index (κ2) is 6.54. The Bertz CT molecular complexity index is 623. The quantitative estimate of drug-likeness (QED) is 0.868. The molecule has 21 heavy (non-hydrogen) atoms. The van der Waals surface area contributed by atoms with Gasteiger partial charge in [-0.25, -0.2) is 14.4 Å². The van der Waals surface area contributed by atoms with Gasteiger partial charge in [0.05, 0.1) is 4.90 Å². The molecule has 5 heteroatoms. The van der Waals surface area contributed by atoms with Crippen molar-refractivity contribution >= 4 is 11.8 Å². The fraction of sp³-hybridized carbons (Fsp3) is 0.375. The summed E-state index contributed by atoms with van der Waals surface area (Å²) < 4.78 is 14.2. The van der Waals surface area contributed by atoms with Crippen LogP contribution in [-0.2, 0) is 6.54 Å². The molecule has 0 amide bonds. The van der Waals surface area contributed by atoms with Crippen molar-refractivity contribution in [2.24, 2.45) is 0 Å². The SMILES string of the molecule is Cc1ccnc(Sc2ccc(CNC(C)(C)C)cc2F)n1. The number of rotatable bonds is 4. The van der Waals surface area contributed by atoms with E-state index >= 15 is 0 Å². The molecule has 3 nitrogen and oxygen atoms in total. The maximum absolute atomic E-state index is 14.2. The third-order valence-electron chi connectivity index (χ3n) is 2.79. The van der Waals surface area contributed by atoms with Gasteiger partial charge in [-0.3, -0.25) is 0 Å². The molecular weight excluding hydrogens is 285 g/mol. The van der Waals surface area contributed by atoms with Gasteiger partial charge < -0.3 is 5.32 Å². The number of nitrogens with zero attached hydrogens (tertiary/aromatic N) is 2. The molecule has 1 aromatic carbocycles.